The van der Waals surface area contributed by atoms with Crippen molar-refractivity contribution in [1.82, 2.24) is 20.0 Å². The van der Waals surface area contributed by atoms with Gasteiger partial charge in [-0.15, -0.1) is 25.6 Å². The van der Waals surface area contributed by atoms with E-state index in [0.29, 0.717) is 11.0 Å². The minimum Gasteiger partial charge on any atom is -0.505 e. The van der Waals surface area contributed by atoms with Gasteiger partial charge in [-0.2, -0.15) is 5.10 Å². The van der Waals surface area contributed by atoms with Gasteiger partial charge in [-0.05, 0) is 23.5 Å². The molecule has 0 saturated carbocycles. The van der Waals surface area contributed by atoms with Gasteiger partial charge >= 0.3 is 0 Å². The molecule has 3 rings (SSSR count). The van der Waals surface area contributed by atoms with E-state index in [-0.39, 0.29) is 28.0 Å². The Morgan fingerprint density at radius 1 is 1.08 bits per heavy atom. The van der Waals surface area contributed by atoms with Crippen molar-refractivity contribution in [2.75, 3.05) is 7.11 Å². The molecule has 2 aromatic heterocycles. The first kappa shape index (κ1) is 16.4. The number of benzene rings is 1. The van der Waals surface area contributed by atoms with Gasteiger partial charge in [-0.1, -0.05) is 5.10 Å². The van der Waals surface area contributed by atoms with Gasteiger partial charge < -0.3 is 14.9 Å². The summed E-state index contributed by atoms with van der Waals surface area (Å²) in [4.78, 5) is 0. The number of aromatic nitrogens is 4. The number of rotatable bonds is 5. The number of phenolic OH excluding ortho intramolecular Hbond substituents is 2. The molecule has 0 aliphatic carbocycles. The van der Waals surface area contributed by atoms with Crippen LogP contribution in [0.3, 0.4) is 0 Å². The van der Waals surface area contributed by atoms with Crippen LogP contribution >= 0.6 is 11.3 Å². The van der Waals surface area contributed by atoms with Crippen molar-refractivity contribution in [3.8, 4) is 16.7 Å². The predicted octanol–water partition coefficient (Wildman–Crippen LogP) is 3.52. The lowest BCUT2D eigenvalue weighted by molar-refractivity contribution is 0.407. The topological polar surface area (TPSA) is 143 Å². The maximum absolute atomic E-state index is 10.2. The molecule has 0 saturated heterocycles. The summed E-state index contributed by atoms with van der Waals surface area (Å²) < 4.78 is 6.40. The van der Waals surface area contributed by atoms with Crippen molar-refractivity contribution >= 4 is 33.7 Å². The van der Waals surface area contributed by atoms with Crippen molar-refractivity contribution in [2.24, 2.45) is 27.5 Å². The van der Waals surface area contributed by atoms with E-state index in [2.05, 4.69) is 35.8 Å². The Labute approximate surface area is 145 Å². The summed E-state index contributed by atoms with van der Waals surface area (Å²) in [7, 11) is 3.15. The van der Waals surface area contributed by atoms with Crippen LogP contribution in [0.25, 0.3) is 0 Å². The summed E-state index contributed by atoms with van der Waals surface area (Å²) in [6.07, 6.45) is 1.55. The fourth-order valence-electron chi connectivity index (χ4n) is 1.73. The number of phenols is 2. The molecule has 0 aliphatic heterocycles. The number of aryl methyl sites for hydroxylation is 1. The van der Waals surface area contributed by atoms with Crippen LogP contribution in [-0.4, -0.2) is 37.3 Å². The van der Waals surface area contributed by atoms with Crippen LogP contribution in [0.5, 0.6) is 16.7 Å². The quantitative estimate of drug-likeness (QED) is 0.666. The van der Waals surface area contributed by atoms with Gasteiger partial charge in [0, 0.05) is 13.1 Å². The van der Waals surface area contributed by atoms with E-state index in [1.54, 1.807) is 19.3 Å². The number of aromatic hydroxyl groups is 2. The average molecular weight is 360 g/mol. The molecular formula is C13H12N8O3S. The van der Waals surface area contributed by atoms with Crippen molar-refractivity contribution in [2.45, 2.75) is 0 Å². The van der Waals surface area contributed by atoms with Crippen LogP contribution in [0.4, 0.5) is 22.3 Å². The summed E-state index contributed by atoms with van der Waals surface area (Å²) >= 11 is 1.09. The highest BCUT2D eigenvalue weighted by Gasteiger charge is 2.13. The highest BCUT2D eigenvalue weighted by atomic mass is 32.1. The first-order valence-electron chi connectivity index (χ1n) is 6.82. The maximum Gasteiger partial charge on any atom is 0.295 e. The number of methoxy groups -OCH3 is 1. The smallest absolute Gasteiger partial charge is 0.295 e. The number of hydrogen-bond acceptors (Lipinski definition) is 11. The van der Waals surface area contributed by atoms with Crippen LogP contribution in [0.15, 0.2) is 44.9 Å². The van der Waals surface area contributed by atoms with E-state index in [0.717, 1.165) is 11.3 Å². The fourth-order valence-corrected chi connectivity index (χ4v) is 2.21. The Kier molecular flexibility index (Phi) is 4.61. The predicted molar refractivity (Wildman–Crippen MR) is 87.8 cm³/mol. The standard InChI is InChI=1S/C13H12N8O3S/c1-21-9(5-6-14-21)16-17-10-8(22)4-3-7(11(10)23)15-18-12-19-20-13(24-2)25-12/h3-6,22-23H,1-2H3/b17-16+,18-15+. The number of hydrogen-bond donors (Lipinski definition) is 2. The van der Waals surface area contributed by atoms with Gasteiger partial charge in [0.15, 0.2) is 17.3 Å². The molecule has 0 fully saturated rings. The number of azo groups is 2. The molecular weight excluding hydrogens is 348 g/mol. The summed E-state index contributed by atoms with van der Waals surface area (Å²) in [5, 5.41) is 47.7. The minimum absolute atomic E-state index is 0.0888. The fraction of sp³-hybridized carbons (Fsp3) is 0.154. The van der Waals surface area contributed by atoms with Crippen LogP contribution in [0.2, 0.25) is 0 Å². The number of nitrogens with zero attached hydrogens (tertiary/aromatic N) is 8. The Hall–Kier alpha value is -3.41. The highest BCUT2D eigenvalue weighted by molar-refractivity contribution is 7.16. The van der Waals surface area contributed by atoms with Gasteiger partial charge in [0.05, 0.1) is 13.3 Å². The molecule has 0 bridgehead atoms. The first-order valence-corrected chi connectivity index (χ1v) is 7.64. The van der Waals surface area contributed by atoms with Crippen molar-refractivity contribution in [3.05, 3.63) is 24.4 Å². The molecule has 2 N–H and O–H groups in total. The Morgan fingerprint density at radius 3 is 2.60 bits per heavy atom. The largest absolute Gasteiger partial charge is 0.505 e. The van der Waals surface area contributed by atoms with Crippen molar-refractivity contribution in [3.63, 3.8) is 0 Å². The summed E-state index contributed by atoms with van der Waals surface area (Å²) in [6, 6.07) is 4.34. The lowest BCUT2D eigenvalue weighted by Crippen LogP contribution is -1.86. The minimum atomic E-state index is -0.369. The third kappa shape index (κ3) is 3.58. The van der Waals surface area contributed by atoms with E-state index < -0.39 is 0 Å². The lowest BCUT2D eigenvalue weighted by atomic mass is 10.2. The van der Waals surface area contributed by atoms with Crippen molar-refractivity contribution in [1.29, 1.82) is 0 Å². The number of ether oxygens (including phenoxy) is 1. The molecule has 0 aliphatic rings. The van der Waals surface area contributed by atoms with Gasteiger partial charge in [-0.25, -0.2) is 4.68 Å². The molecule has 0 atom stereocenters. The molecule has 0 unspecified atom stereocenters. The van der Waals surface area contributed by atoms with Gasteiger partial charge in [0.1, 0.15) is 11.4 Å². The monoisotopic (exact) mass is 360 g/mol. The zero-order valence-electron chi connectivity index (χ0n) is 13.1. The zero-order valence-corrected chi connectivity index (χ0v) is 13.9. The molecule has 25 heavy (non-hydrogen) atoms. The van der Waals surface area contributed by atoms with Crippen LogP contribution in [0.1, 0.15) is 0 Å². The zero-order chi connectivity index (χ0) is 17.8. The van der Waals surface area contributed by atoms with Gasteiger partial charge in [-0.3, -0.25) is 0 Å². The molecule has 1 aromatic carbocycles. The van der Waals surface area contributed by atoms with E-state index in [9.17, 15) is 10.2 Å². The molecule has 12 heteroatoms. The summed E-state index contributed by atoms with van der Waals surface area (Å²) in [5.74, 6) is -0.169. The van der Waals surface area contributed by atoms with Crippen LogP contribution in [-0.2, 0) is 7.05 Å². The summed E-state index contributed by atoms with van der Waals surface area (Å²) in [6.45, 7) is 0. The van der Waals surface area contributed by atoms with E-state index in [4.69, 9.17) is 4.74 Å². The maximum atomic E-state index is 10.2. The average Bonchev–Trinajstić information content (AvgIpc) is 3.23. The molecule has 2 heterocycles. The Morgan fingerprint density at radius 2 is 1.92 bits per heavy atom. The van der Waals surface area contributed by atoms with Crippen molar-refractivity contribution < 1.29 is 14.9 Å². The molecule has 3 aromatic rings. The van der Waals surface area contributed by atoms with Gasteiger partial charge in [0.25, 0.3) is 10.3 Å². The second-order valence-electron chi connectivity index (χ2n) is 4.57. The van der Waals surface area contributed by atoms with Gasteiger partial charge in [0.2, 0.25) is 0 Å². The lowest BCUT2D eigenvalue weighted by Gasteiger charge is -2.03. The SMILES string of the molecule is COc1nnc(/N=N/c2ccc(O)c(/N=N/c3ccnn3C)c2O)s1. The third-order valence-corrected chi connectivity index (χ3v) is 3.74. The second kappa shape index (κ2) is 7.00. The molecule has 0 amide bonds. The normalized spacial score (nSPS) is 11.6. The van der Waals surface area contributed by atoms with E-state index in [1.165, 1.54) is 23.9 Å². The second-order valence-corrected chi connectivity index (χ2v) is 5.49. The molecule has 0 spiro atoms. The Balaban J connectivity index is 1.89. The molecule has 0 radical (unpaired) electrons. The highest BCUT2D eigenvalue weighted by Crippen LogP contribution is 2.44. The first-order chi connectivity index (χ1) is 12.1. The summed E-state index contributed by atoms with van der Waals surface area (Å²) in [5.41, 5.74) is -0.0431. The van der Waals surface area contributed by atoms with E-state index >= 15 is 0 Å². The molecule has 128 valence electrons. The van der Waals surface area contributed by atoms with Crippen LogP contribution in [0, 0.1) is 0 Å². The molecule has 11 nitrogen and oxygen atoms in total. The third-order valence-electron chi connectivity index (χ3n) is 2.97. The Bertz CT molecular complexity index is 949. The van der Waals surface area contributed by atoms with Crippen LogP contribution < -0.4 is 4.74 Å². The van der Waals surface area contributed by atoms with E-state index in [1.807, 2.05) is 0 Å².